The SMILES string of the molecule is CCOc1ccc(C(=O)Nc2cc(-c3ccco3)n(C)n2)cc1C(=O)NCCCN. The molecule has 0 spiro atoms. The molecule has 2 amide bonds. The average Bonchev–Trinajstić information content (AvgIpc) is 3.38. The Morgan fingerprint density at radius 1 is 1.23 bits per heavy atom. The number of carbonyl (C=O) groups is 2. The largest absolute Gasteiger partial charge is 0.493 e. The van der Waals surface area contributed by atoms with Gasteiger partial charge in [0.1, 0.15) is 11.4 Å². The number of nitrogens with zero attached hydrogens (tertiary/aromatic N) is 2. The molecular weight excluding hydrogens is 386 g/mol. The van der Waals surface area contributed by atoms with Crippen molar-refractivity contribution in [2.24, 2.45) is 12.8 Å². The maximum atomic E-state index is 12.8. The molecule has 158 valence electrons. The molecule has 3 rings (SSSR count). The zero-order chi connectivity index (χ0) is 21.5. The zero-order valence-corrected chi connectivity index (χ0v) is 17.0. The number of rotatable bonds is 9. The number of nitrogens with one attached hydrogen (secondary N) is 2. The smallest absolute Gasteiger partial charge is 0.256 e. The van der Waals surface area contributed by atoms with Crippen molar-refractivity contribution in [3.05, 3.63) is 53.8 Å². The van der Waals surface area contributed by atoms with Crippen molar-refractivity contribution in [1.82, 2.24) is 15.1 Å². The normalized spacial score (nSPS) is 10.6. The monoisotopic (exact) mass is 411 g/mol. The molecule has 0 saturated carbocycles. The van der Waals surface area contributed by atoms with Gasteiger partial charge in [0.15, 0.2) is 11.6 Å². The minimum atomic E-state index is -0.391. The number of anilines is 1. The number of hydrogen-bond donors (Lipinski definition) is 3. The molecule has 9 nitrogen and oxygen atoms in total. The van der Waals surface area contributed by atoms with E-state index in [0.717, 1.165) is 5.69 Å². The molecule has 2 heterocycles. The van der Waals surface area contributed by atoms with Crippen LogP contribution in [0.25, 0.3) is 11.5 Å². The van der Waals surface area contributed by atoms with Gasteiger partial charge in [-0.05, 0) is 50.2 Å². The number of aromatic nitrogens is 2. The molecule has 0 aliphatic rings. The molecular formula is C21H25N5O4. The third kappa shape index (κ3) is 4.87. The van der Waals surface area contributed by atoms with Gasteiger partial charge in [0.2, 0.25) is 0 Å². The minimum absolute atomic E-state index is 0.291. The molecule has 9 heteroatoms. The van der Waals surface area contributed by atoms with Gasteiger partial charge in [-0.2, -0.15) is 5.10 Å². The van der Waals surface area contributed by atoms with Gasteiger partial charge in [-0.15, -0.1) is 0 Å². The highest BCUT2D eigenvalue weighted by Gasteiger charge is 2.18. The number of nitrogens with two attached hydrogens (primary N) is 1. The van der Waals surface area contributed by atoms with Crippen LogP contribution in [0, 0.1) is 0 Å². The molecule has 1 aromatic carbocycles. The Bertz CT molecular complexity index is 1010. The predicted octanol–water partition coefficient (Wildman–Crippen LogP) is 2.41. The third-order valence-electron chi connectivity index (χ3n) is 4.35. The van der Waals surface area contributed by atoms with Crippen LogP contribution < -0.4 is 21.1 Å². The van der Waals surface area contributed by atoms with Crippen molar-refractivity contribution in [1.29, 1.82) is 0 Å². The lowest BCUT2D eigenvalue weighted by molar-refractivity contribution is 0.0949. The van der Waals surface area contributed by atoms with Gasteiger partial charge in [0, 0.05) is 25.2 Å². The quantitative estimate of drug-likeness (QED) is 0.465. The second-order valence-electron chi connectivity index (χ2n) is 6.51. The van der Waals surface area contributed by atoms with E-state index in [2.05, 4.69) is 15.7 Å². The van der Waals surface area contributed by atoms with Crippen LogP contribution in [0.3, 0.4) is 0 Å². The van der Waals surface area contributed by atoms with Crippen molar-refractivity contribution in [2.45, 2.75) is 13.3 Å². The highest BCUT2D eigenvalue weighted by Crippen LogP contribution is 2.24. The van der Waals surface area contributed by atoms with Crippen LogP contribution in [0.4, 0.5) is 5.82 Å². The van der Waals surface area contributed by atoms with E-state index in [4.69, 9.17) is 14.9 Å². The van der Waals surface area contributed by atoms with Gasteiger partial charge in [0.05, 0.1) is 18.4 Å². The first kappa shape index (κ1) is 21.1. The van der Waals surface area contributed by atoms with Crippen LogP contribution in [-0.4, -0.2) is 41.3 Å². The first-order chi connectivity index (χ1) is 14.5. The Labute approximate surface area is 174 Å². The number of amides is 2. The molecule has 0 radical (unpaired) electrons. The van der Waals surface area contributed by atoms with Crippen LogP contribution in [0.5, 0.6) is 5.75 Å². The second kappa shape index (κ2) is 9.75. The number of hydrogen-bond acceptors (Lipinski definition) is 6. The van der Waals surface area contributed by atoms with Crippen LogP contribution in [0.2, 0.25) is 0 Å². The predicted molar refractivity (Wildman–Crippen MR) is 112 cm³/mol. The van der Waals surface area contributed by atoms with E-state index in [1.54, 1.807) is 42.3 Å². The van der Waals surface area contributed by atoms with Crippen LogP contribution in [-0.2, 0) is 7.05 Å². The Morgan fingerprint density at radius 3 is 2.77 bits per heavy atom. The number of furan rings is 1. The van der Waals surface area contributed by atoms with Gasteiger partial charge in [0.25, 0.3) is 11.8 Å². The molecule has 0 fully saturated rings. The highest BCUT2D eigenvalue weighted by molar-refractivity contribution is 6.06. The summed E-state index contributed by atoms with van der Waals surface area (Å²) in [5, 5.41) is 9.83. The molecule has 4 N–H and O–H groups in total. The lowest BCUT2D eigenvalue weighted by Gasteiger charge is -2.12. The fourth-order valence-electron chi connectivity index (χ4n) is 2.90. The summed E-state index contributed by atoms with van der Waals surface area (Å²) >= 11 is 0. The van der Waals surface area contributed by atoms with Gasteiger partial charge in [-0.3, -0.25) is 14.3 Å². The summed E-state index contributed by atoms with van der Waals surface area (Å²) in [4.78, 5) is 25.3. The van der Waals surface area contributed by atoms with Crippen molar-refractivity contribution in [3.8, 4) is 17.2 Å². The molecule has 0 aliphatic carbocycles. The lowest BCUT2D eigenvalue weighted by Crippen LogP contribution is -2.27. The van der Waals surface area contributed by atoms with Gasteiger partial charge in [-0.1, -0.05) is 0 Å². The van der Waals surface area contributed by atoms with Gasteiger partial charge in [-0.25, -0.2) is 0 Å². The molecule has 3 aromatic rings. The molecule has 0 saturated heterocycles. The molecule has 0 unspecified atom stereocenters. The number of benzene rings is 1. The third-order valence-corrected chi connectivity index (χ3v) is 4.35. The highest BCUT2D eigenvalue weighted by atomic mass is 16.5. The van der Waals surface area contributed by atoms with E-state index >= 15 is 0 Å². The maximum Gasteiger partial charge on any atom is 0.256 e. The van der Waals surface area contributed by atoms with Crippen molar-refractivity contribution < 1.29 is 18.7 Å². The fourth-order valence-corrected chi connectivity index (χ4v) is 2.90. The zero-order valence-electron chi connectivity index (χ0n) is 17.0. The summed E-state index contributed by atoms with van der Waals surface area (Å²) in [6.45, 7) is 3.15. The second-order valence-corrected chi connectivity index (χ2v) is 6.51. The summed E-state index contributed by atoms with van der Waals surface area (Å²) in [5.74, 6) is 0.717. The van der Waals surface area contributed by atoms with Crippen molar-refractivity contribution in [2.75, 3.05) is 25.0 Å². The first-order valence-corrected chi connectivity index (χ1v) is 9.67. The van der Waals surface area contributed by atoms with E-state index in [0.29, 0.717) is 54.6 Å². The average molecular weight is 411 g/mol. The van der Waals surface area contributed by atoms with Crippen LogP contribution in [0.15, 0.2) is 47.1 Å². The van der Waals surface area contributed by atoms with Gasteiger partial charge < -0.3 is 25.5 Å². The van der Waals surface area contributed by atoms with E-state index in [1.807, 2.05) is 13.0 Å². The molecule has 2 aromatic heterocycles. The van der Waals surface area contributed by atoms with E-state index in [9.17, 15) is 9.59 Å². The molecule has 0 bridgehead atoms. The Morgan fingerprint density at radius 2 is 2.07 bits per heavy atom. The number of carbonyl (C=O) groups excluding carboxylic acids is 2. The van der Waals surface area contributed by atoms with E-state index < -0.39 is 5.91 Å². The molecule has 0 aliphatic heterocycles. The van der Waals surface area contributed by atoms with Crippen LogP contribution >= 0.6 is 0 Å². The summed E-state index contributed by atoms with van der Waals surface area (Å²) < 4.78 is 12.5. The Hall–Kier alpha value is -3.59. The molecule has 0 atom stereocenters. The standard InChI is InChI=1S/C21H25N5O4/c1-3-29-17-8-7-14(12-15(17)21(28)23-10-5-9-22)20(27)24-19-13-16(26(2)25-19)18-6-4-11-30-18/h4,6-8,11-13H,3,5,9-10,22H2,1-2H3,(H,23,28)(H,24,25,27). The van der Waals surface area contributed by atoms with E-state index in [1.165, 1.54) is 6.07 Å². The Kier molecular flexibility index (Phi) is 6.87. The number of aryl methyl sites for hydroxylation is 1. The minimum Gasteiger partial charge on any atom is -0.493 e. The maximum absolute atomic E-state index is 12.8. The topological polar surface area (TPSA) is 124 Å². The van der Waals surface area contributed by atoms with E-state index in [-0.39, 0.29) is 5.91 Å². The summed E-state index contributed by atoms with van der Waals surface area (Å²) in [7, 11) is 1.76. The van der Waals surface area contributed by atoms with Crippen LogP contribution in [0.1, 0.15) is 34.1 Å². The summed E-state index contributed by atoms with van der Waals surface area (Å²) in [6.07, 6.45) is 2.23. The molecule has 30 heavy (non-hydrogen) atoms. The first-order valence-electron chi connectivity index (χ1n) is 9.67. The lowest BCUT2D eigenvalue weighted by atomic mass is 10.1. The van der Waals surface area contributed by atoms with Gasteiger partial charge >= 0.3 is 0 Å². The number of ether oxygens (including phenoxy) is 1. The van der Waals surface area contributed by atoms with Crippen molar-refractivity contribution in [3.63, 3.8) is 0 Å². The summed E-state index contributed by atoms with van der Waals surface area (Å²) in [6, 6.07) is 10.0. The summed E-state index contributed by atoms with van der Waals surface area (Å²) in [5.41, 5.74) is 6.80. The Balaban J connectivity index is 1.79. The fraction of sp³-hybridized carbons (Fsp3) is 0.286. The van der Waals surface area contributed by atoms with Crippen molar-refractivity contribution >= 4 is 17.6 Å².